The summed E-state index contributed by atoms with van der Waals surface area (Å²) in [5, 5.41) is 39.1. The van der Waals surface area contributed by atoms with E-state index in [-0.39, 0.29) is 30.0 Å². The lowest BCUT2D eigenvalue weighted by molar-refractivity contribution is -0.281. The van der Waals surface area contributed by atoms with Crippen LogP contribution >= 0.6 is 11.6 Å². The molecular weight excluding hydrogens is 590 g/mol. The van der Waals surface area contributed by atoms with E-state index in [1.165, 1.54) is 0 Å². The molecule has 5 fully saturated rings. The van der Waals surface area contributed by atoms with Crippen molar-refractivity contribution in [2.45, 2.75) is 131 Å². The lowest BCUT2D eigenvalue weighted by atomic mass is 9.40. The molecule has 4 N–H and O–H groups in total. The SMILES string of the molecule is C=C(C)[C@H]1OC2CC[C@@]3(C)[C@@](O)(CCC4[C@@H]5OC(C)(C)[C@H]6C[C@@H]7C(=C)Cc8c(Cl)cc9[nH]c(c5c9c8[C@@]76O)[C@@]43C)[C@]23O[C@H]3[C@H]1O. The van der Waals surface area contributed by atoms with Gasteiger partial charge in [0, 0.05) is 55.8 Å². The van der Waals surface area contributed by atoms with Crippen LogP contribution in [-0.4, -0.2) is 61.5 Å². The fourth-order valence-electron chi connectivity index (χ4n) is 12.9. The highest BCUT2D eigenvalue weighted by atomic mass is 35.5. The summed E-state index contributed by atoms with van der Waals surface area (Å²) in [5.41, 5.74) is 1.86. The Bertz CT molecular complexity index is 1800. The standard InChI is InChI=1S/C37H44ClNO6/c1-15(2)28-27(40)31-37(45-31)23(43-28)9-10-33(6)34(7)18(8-11-35(33,37)41)29-25-24-21(39-30(25)34)14-20(38)17-12-16(3)19-13-22(32(4,5)44-29)36(19,42)26(17)24/h14,18-19,22-23,27-29,31,39-42H,1,3,8-13H2,2,4-7H3/t18?,19-,22-,23?,27+,28-,29+,31+,33-,34-,35+,36-,37+/m1/s1. The van der Waals surface area contributed by atoms with Crippen molar-refractivity contribution in [2.75, 3.05) is 0 Å². The number of H-pyrrole nitrogens is 1. The van der Waals surface area contributed by atoms with Gasteiger partial charge >= 0.3 is 0 Å². The van der Waals surface area contributed by atoms with Gasteiger partial charge in [-0.15, -0.1) is 0 Å². The average molecular weight is 634 g/mol. The lowest BCUT2D eigenvalue weighted by Gasteiger charge is -2.66. The first kappa shape index (κ1) is 28.3. The molecule has 3 aliphatic heterocycles. The molecule has 1 spiro atoms. The maximum Gasteiger partial charge on any atom is 0.153 e. The number of halogens is 1. The molecule has 10 rings (SSSR count). The number of aliphatic hydroxyl groups is 3. The van der Waals surface area contributed by atoms with E-state index in [9.17, 15) is 15.3 Å². The fourth-order valence-corrected chi connectivity index (χ4v) is 13.2. The van der Waals surface area contributed by atoms with Crippen molar-refractivity contribution < 1.29 is 29.5 Å². The largest absolute Gasteiger partial charge is 0.387 e. The smallest absolute Gasteiger partial charge is 0.153 e. The molecule has 4 heterocycles. The lowest BCUT2D eigenvalue weighted by Crippen LogP contribution is -2.76. The summed E-state index contributed by atoms with van der Waals surface area (Å²) in [6.45, 7) is 19.2. The van der Waals surface area contributed by atoms with Crippen LogP contribution < -0.4 is 0 Å². The van der Waals surface area contributed by atoms with Crippen LogP contribution in [0.2, 0.25) is 5.02 Å². The average Bonchev–Trinajstić information content (AvgIpc) is 3.55. The van der Waals surface area contributed by atoms with Crippen LogP contribution in [-0.2, 0) is 31.6 Å². The molecular formula is C37H44ClNO6. The number of nitrogens with one attached hydrogen (secondary N) is 1. The quantitative estimate of drug-likeness (QED) is 0.238. The van der Waals surface area contributed by atoms with Crippen LogP contribution in [0, 0.1) is 23.2 Å². The van der Waals surface area contributed by atoms with Gasteiger partial charge in [0.15, 0.2) is 5.60 Å². The topological polar surface area (TPSA) is 107 Å². The zero-order valence-corrected chi connectivity index (χ0v) is 27.6. The molecule has 13 atom stereocenters. The van der Waals surface area contributed by atoms with Crippen molar-refractivity contribution in [2.24, 2.45) is 23.2 Å². The van der Waals surface area contributed by atoms with Gasteiger partial charge in [0.1, 0.15) is 29.5 Å². The second-order valence-corrected chi connectivity index (χ2v) is 17.4. The van der Waals surface area contributed by atoms with E-state index in [4.69, 9.17) is 25.8 Å². The Balaban J connectivity index is 1.21. The van der Waals surface area contributed by atoms with Crippen LogP contribution in [0.4, 0.5) is 0 Å². The number of rotatable bonds is 1. The van der Waals surface area contributed by atoms with Crippen molar-refractivity contribution in [1.29, 1.82) is 0 Å². The number of benzene rings is 1. The Labute approximate surface area is 269 Å². The minimum absolute atomic E-state index is 0.0254. The first-order valence-corrected chi connectivity index (χ1v) is 17.3. The summed E-state index contributed by atoms with van der Waals surface area (Å²) in [5.74, 6) is -0.0241. The zero-order chi connectivity index (χ0) is 31.6. The fraction of sp³-hybridized carbons (Fsp3) is 0.676. The Hall–Kier alpha value is -1.71. The number of aromatic nitrogens is 1. The van der Waals surface area contributed by atoms with Crippen molar-refractivity contribution >= 4 is 22.5 Å². The molecule has 2 unspecified atom stereocenters. The summed E-state index contributed by atoms with van der Waals surface area (Å²) < 4.78 is 20.4. The Morgan fingerprint density at radius 3 is 2.60 bits per heavy atom. The monoisotopic (exact) mass is 633 g/mol. The van der Waals surface area contributed by atoms with E-state index in [1.807, 2.05) is 13.0 Å². The van der Waals surface area contributed by atoms with Gasteiger partial charge in [-0.2, -0.15) is 0 Å². The summed E-state index contributed by atoms with van der Waals surface area (Å²) in [4.78, 5) is 3.87. The Morgan fingerprint density at radius 2 is 1.87 bits per heavy atom. The van der Waals surface area contributed by atoms with Crippen LogP contribution in [0.3, 0.4) is 0 Å². The van der Waals surface area contributed by atoms with Gasteiger partial charge in [0.25, 0.3) is 0 Å². The van der Waals surface area contributed by atoms with Crippen LogP contribution in [0.1, 0.15) is 95.2 Å². The van der Waals surface area contributed by atoms with E-state index < -0.39 is 51.5 Å². The maximum atomic E-state index is 13.2. The third kappa shape index (κ3) is 2.64. The number of hydrogen-bond acceptors (Lipinski definition) is 6. The van der Waals surface area contributed by atoms with Gasteiger partial charge in [-0.25, -0.2) is 0 Å². The molecule has 45 heavy (non-hydrogen) atoms. The number of hydrogen-bond donors (Lipinski definition) is 4. The number of epoxide rings is 1. The number of aromatic amines is 1. The number of aliphatic hydroxyl groups excluding tert-OH is 1. The Morgan fingerprint density at radius 1 is 1.11 bits per heavy atom. The van der Waals surface area contributed by atoms with Crippen molar-refractivity contribution in [3.8, 4) is 0 Å². The van der Waals surface area contributed by atoms with Crippen molar-refractivity contribution in [1.82, 2.24) is 4.98 Å². The second kappa shape index (κ2) is 7.78. The predicted octanol–water partition coefficient (Wildman–Crippen LogP) is 5.66. The third-order valence-electron chi connectivity index (χ3n) is 15.2. The molecule has 8 heteroatoms. The van der Waals surface area contributed by atoms with E-state index in [2.05, 4.69) is 45.8 Å². The second-order valence-electron chi connectivity index (χ2n) is 17.0. The van der Waals surface area contributed by atoms with Gasteiger partial charge in [0.2, 0.25) is 0 Å². The molecule has 1 aromatic carbocycles. The van der Waals surface area contributed by atoms with Gasteiger partial charge in [-0.05, 0) is 82.1 Å². The van der Waals surface area contributed by atoms with Crippen LogP contribution in [0.5, 0.6) is 0 Å². The molecule has 1 aromatic heterocycles. The normalized spacial score (nSPS) is 52.5. The number of ether oxygens (including phenoxy) is 3. The molecule has 2 saturated heterocycles. The highest BCUT2D eigenvalue weighted by Crippen LogP contribution is 2.78. The van der Waals surface area contributed by atoms with E-state index in [0.29, 0.717) is 24.3 Å². The van der Waals surface area contributed by atoms with Crippen molar-refractivity contribution in [3.63, 3.8) is 0 Å². The molecule has 0 amide bonds. The summed E-state index contributed by atoms with van der Waals surface area (Å²) in [6.07, 6.45) is 1.83. The van der Waals surface area contributed by atoms with Crippen LogP contribution in [0.25, 0.3) is 10.9 Å². The molecule has 8 aliphatic rings. The van der Waals surface area contributed by atoms with E-state index >= 15 is 0 Å². The molecule has 240 valence electrons. The first-order chi connectivity index (χ1) is 21.1. The molecule has 5 aliphatic carbocycles. The van der Waals surface area contributed by atoms with Gasteiger partial charge < -0.3 is 34.5 Å². The molecule has 0 radical (unpaired) electrons. The molecule has 7 nitrogen and oxygen atoms in total. The maximum absolute atomic E-state index is 13.2. The molecule has 3 saturated carbocycles. The van der Waals surface area contributed by atoms with E-state index in [0.717, 1.165) is 63.7 Å². The first-order valence-electron chi connectivity index (χ1n) is 16.9. The highest BCUT2D eigenvalue weighted by molar-refractivity contribution is 6.32. The molecule has 0 bridgehead atoms. The summed E-state index contributed by atoms with van der Waals surface area (Å²) >= 11 is 7.06. The van der Waals surface area contributed by atoms with Crippen LogP contribution in [0.15, 0.2) is 30.4 Å². The molecule has 2 aromatic rings. The minimum atomic E-state index is -1.24. The highest BCUT2D eigenvalue weighted by Gasteiger charge is 2.87. The van der Waals surface area contributed by atoms with Gasteiger partial charge in [-0.3, -0.25) is 0 Å². The van der Waals surface area contributed by atoms with E-state index in [1.54, 1.807) is 0 Å². The van der Waals surface area contributed by atoms with Crippen molar-refractivity contribution in [3.05, 3.63) is 57.8 Å². The summed E-state index contributed by atoms with van der Waals surface area (Å²) in [7, 11) is 0. The zero-order valence-electron chi connectivity index (χ0n) is 26.8. The minimum Gasteiger partial charge on any atom is -0.387 e. The predicted molar refractivity (Wildman–Crippen MR) is 169 cm³/mol. The van der Waals surface area contributed by atoms with Gasteiger partial charge in [0.05, 0.1) is 17.8 Å². The summed E-state index contributed by atoms with van der Waals surface area (Å²) in [6, 6.07) is 2.02. The number of fused-ring (bicyclic) bond motifs is 5. The van der Waals surface area contributed by atoms with Gasteiger partial charge in [-0.1, -0.05) is 44.2 Å². The Kier molecular flexibility index (Phi) is 4.89. The third-order valence-corrected chi connectivity index (χ3v) is 15.5.